The Morgan fingerprint density at radius 3 is 2.44 bits per heavy atom. The van der Waals surface area contributed by atoms with Crippen molar-refractivity contribution in [1.82, 2.24) is 9.97 Å². The number of pyridine rings is 2. The normalized spacial score (nSPS) is 24.6. The molecule has 194 valence electrons. The Balaban J connectivity index is 1.79. The van der Waals surface area contributed by atoms with Gasteiger partial charge in [-0.1, -0.05) is 32.9 Å². The summed E-state index contributed by atoms with van der Waals surface area (Å²) in [6.07, 6.45) is -3.05. The number of hydrogen-bond acceptors (Lipinski definition) is 6. The fourth-order valence-electron chi connectivity index (χ4n) is 6.02. The highest BCUT2D eigenvalue weighted by Crippen LogP contribution is 2.58. The fourth-order valence-corrected chi connectivity index (χ4v) is 6.02. The Kier molecular flexibility index (Phi) is 5.98. The number of ether oxygens (including phenoxy) is 2. The summed E-state index contributed by atoms with van der Waals surface area (Å²) in [6.45, 7) is 8.86. The molecule has 2 atom stereocenters. The molecule has 4 heterocycles. The molecule has 1 aliphatic carbocycles. The van der Waals surface area contributed by atoms with Gasteiger partial charge in [0.25, 0.3) is 0 Å². The molecule has 10 heteroatoms. The van der Waals surface area contributed by atoms with Crippen LogP contribution in [0.1, 0.15) is 104 Å². The standard InChI is InChI=1S/C26H29F4N3O3/c1-13(2)21-19-20(18-16(32-21)10-24(3,4)11-17(18)33-34)25(5-7-35-8-6-25)36-23(19)22-15(27)9-14(12-31-22)26(28,29)30/h9,12-13,17,23H,5-8,10-11H2,1-4H3. The number of nitrogens with zero attached hydrogens (tertiary/aromatic N) is 3. The molecule has 36 heavy (non-hydrogen) atoms. The second kappa shape index (κ2) is 8.55. The third-order valence-electron chi connectivity index (χ3n) is 7.59. The number of fused-ring (bicyclic) bond motifs is 4. The summed E-state index contributed by atoms with van der Waals surface area (Å²) in [5, 5.41) is 3.48. The number of nitroso groups, excluding NO2 is 1. The number of aromatic nitrogens is 2. The van der Waals surface area contributed by atoms with Crippen molar-refractivity contribution in [3.63, 3.8) is 0 Å². The van der Waals surface area contributed by atoms with E-state index in [1.165, 1.54) is 0 Å². The monoisotopic (exact) mass is 507 g/mol. The second-order valence-corrected chi connectivity index (χ2v) is 11.2. The molecule has 1 spiro atoms. The molecule has 2 aromatic rings. The first-order valence-corrected chi connectivity index (χ1v) is 12.2. The Hall–Kier alpha value is -2.46. The molecule has 0 aromatic carbocycles. The predicted molar refractivity (Wildman–Crippen MR) is 123 cm³/mol. The van der Waals surface area contributed by atoms with E-state index in [2.05, 4.69) is 24.0 Å². The summed E-state index contributed by atoms with van der Waals surface area (Å²) in [7, 11) is 0. The van der Waals surface area contributed by atoms with Crippen LogP contribution in [0, 0.1) is 16.1 Å². The van der Waals surface area contributed by atoms with Gasteiger partial charge in [-0.2, -0.15) is 18.1 Å². The van der Waals surface area contributed by atoms with E-state index in [0.717, 1.165) is 16.8 Å². The summed E-state index contributed by atoms with van der Waals surface area (Å²) in [4.78, 5) is 21.0. The number of rotatable bonds is 3. The van der Waals surface area contributed by atoms with Crippen LogP contribution in [-0.4, -0.2) is 23.2 Å². The van der Waals surface area contributed by atoms with E-state index in [1.807, 2.05) is 13.8 Å². The molecule has 0 N–H and O–H groups in total. The van der Waals surface area contributed by atoms with Gasteiger partial charge in [0, 0.05) is 54.8 Å². The van der Waals surface area contributed by atoms with E-state index in [4.69, 9.17) is 14.5 Å². The summed E-state index contributed by atoms with van der Waals surface area (Å²) in [5.74, 6) is -1.18. The van der Waals surface area contributed by atoms with Crippen LogP contribution in [0.3, 0.4) is 0 Å². The SMILES string of the molecule is CC(C)c1nc2c(c3c1C(c1ncc(C(F)(F)F)cc1F)OC31CCOCC1)C(N=O)CC(C)(C)C2. The van der Waals surface area contributed by atoms with Crippen LogP contribution in [0.2, 0.25) is 0 Å². The van der Waals surface area contributed by atoms with Crippen LogP contribution < -0.4 is 0 Å². The summed E-state index contributed by atoms with van der Waals surface area (Å²) < 4.78 is 67.1. The Morgan fingerprint density at radius 1 is 1.17 bits per heavy atom. The minimum atomic E-state index is -4.72. The molecule has 0 saturated carbocycles. The molecule has 1 saturated heterocycles. The van der Waals surface area contributed by atoms with Crippen LogP contribution in [0.25, 0.3) is 0 Å². The van der Waals surface area contributed by atoms with Gasteiger partial charge in [-0.3, -0.25) is 9.97 Å². The van der Waals surface area contributed by atoms with Crippen molar-refractivity contribution in [2.75, 3.05) is 13.2 Å². The first-order chi connectivity index (χ1) is 16.9. The van der Waals surface area contributed by atoms with E-state index in [-0.39, 0.29) is 17.0 Å². The number of halogens is 4. The van der Waals surface area contributed by atoms with Crippen molar-refractivity contribution >= 4 is 0 Å². The average Bonchev–Trinajstić information content (AvgIpc) is 3.10. The van der Waals surface area contributed by atoms with Crippen LogP contribution in [0.15, 0.2) is 17.4 Å². The Labute approximate surface area is 206 Å². The van der Waals surface area contributed by atoms with E-state index in [1.54, 1.807) is 0 Å². The lowest BCUT2D eigenvalue weighted by Crippen LogP contribution is -2.37. The average molecular weight is 508 g/mol. The van der Waals surface area contributed by atoms with Crippen LogP contribution in [0.5, 0.6) is 0 Å². The Bertz CT molecular complexity index is 1210. The Morgan fingerprint density at radius 2 is 1.86 bits per heavy atom. The lowest BCUT2D eigenvalue weighted by atomic mass is 9.69. The summed E-state index contributed by atoms with van der Waals surface area (Å²) in [5.41, 5.74) is 1.11. The van der Waals surface area contributed by atoms with Crippen LogP contribution in [0.4, 0.5) is 17.6 Å². The topological polar surface area (TPSA) is 73.7 Å². The lowest BCUT2D eigenvalue weighted by Gasteiger charge is -2.39. The molecule has 3 aliphatic rings. The fraction of sp³-hybridized carbons (Fsp3) is 0.615. The minimum Gasteiger partial charge on any atom is -0.381 e. The molecule has 2 aliphatic heterocycles. The maximum absolute atomic E-state index is 15.2. The van der Waals surface area contributed by atoms with Gasteiger partial charge < -0.3 is 9.47 Å². The highest BCUT2D eigenvalue weighted by atomic mass is 19.4. The molecule has 2 unspecified atom stereocenters. The molecule has 0 radical (unpaired) electrons. The van der Waals surface area contributed by atoms with Gasteiger partial charge in [0.05, 0.1) is 11.2 Å². The number of alkyl halides is 3. The predicted octanol–water partition coefficient (Wildman–Crippen LogP) is 6.66. The molecule has 0 bridgehead atoms. The zero-order chi connectivity index (χ0) is 26.0. The summed E-state index contributed by atoms with van der Waals surface area (Å²) >= 11 is 0. The molecule has 1 fully saturated rings. The molecule has 6 nitrogen and oxygen atoms in total. The lowest BCUT2D eigenvalue weighted by molar-refractivity contribution is -0.138. The molecule has 5 rings (SSSR count). The molecule has 0 amide bonds. The van der Waals surface area contributed by atoms with Gasteiger partial charge in [0.1, 0.15) is 23.7 Å². The van der Waals surface area contributed by atoms with E-state index in [0.29, 0.717) is 62.4 Å². The van der Waals surface area contributed by atoms with Gasteiger partial charge in [-0.25, -0.2) is 4.39 Å². The molecular weight excluding hydrogens is 478 g/mol. The van der Waals surface area contributed by atoms with Gasteiger partial charge >= 0.3 is 6.18 Å². The molecular formula is C26H29F4N3O3. The smallest absolute Gasteiger partial charge is 0.381 e. The zero-order valence-electron chi connectivity index (χ0n) is 20.7. The highest BCUT2D eigenvalue weighted by Gasteiger charge is 2.53. The highest BCUT2D eigenvalue weighted by molar-refractivity contribution is 5.54. The van der Waals surface area contributed by atoms with Crippen molar-refractivity contribution in [1.29, 1.82) is 0 Å². The maximum Gasteiger partial charge on any atom is 0.417 e. The van der Waals surface area contributed by atoms with Crippen molar-refractivity contribution in [3.05, 3.63) is 62.3 Å². The molecule has 2 aromatic heterocycles. The first-order valence-electron chi connectivity index (χ1n) is 12.2. The third-order valence-corrected chi connectivity index (χ3v) is 7.59. The first kappa shape index (κ1) is 25.2. The van der Waals surface area contributed by atoms with E-state index >= 15 is 4.39 Å². The summed E-state index contributed by atoms with van der Waals surface area (Å²) in [6, 6.07) is -0.196. The van der Waals surface area contributed by atoms with Gasteiger partial charge in [0.2, 0.25) is 0 Å². The maximum atomic E-state index is 15.2. The van der Waals surface area contributed by atoms with Crippen molar-refractivity contribution < 1.29 is 27.0 Å². The van der Waals surface area contributed by atoms with Crippen LogP contribution in [-0.2, 0) is 27.7 Å². The third kappa shape index (κ3) is 4.02. The van der Waals surface area contributed by atoms with Gasteiger partial charge in [-0.05, 0) is 35.8 Å². The quantitative estimate of drug-likeness (QED) is 0.343. The van der Waals surface area contributed by atoms with Crippen molar-refractivity contribution in [2.45, 2.75) is 83.2 Å². The minimum absolute atomic E-state index is 0.0877. The number of hydrogen-bond donors (Lipinski definition) is 0. The van der Waals surface area contributed by atoms with E-state index in [9.17, 15) is 18.1 Å². The van der Waals surface area contributed by atoms with Gasteiger partial charge in [-0.15, -0.1) is 0 Å². The van der Waals surface area contributed by atoms with Crippen molar-refractivity contribution in [2.24, 2.45) is 10.6 Å². The van der Waals surface area contributed by atoms with E-state index < -0.39 is 35.3 Å². The second-order valence-electron chi connectivity index (χ2n) is 11.2. The largest absolute Gasteiger partial charge is 0.417 e. The zero-order valence-corrected chi connectivity index (χ0v) is 20.7. The van der Waals surface area contributed by atoms with Crippen molar-refractivity contribution in [3.8, 4) is 0 Å². The van der Waals surface area contributed by atoms with Crippen LogP contribution >= 0.6 is 0 Å². The van der Waals surface area contributed by atoms with Gasteiger partial charge in [0.15, 0.2) is 0 Å².